The molecule has 1 atom stereocenters. The second-order valence-corrected chi connectivity index (χ2v) is 4.36. The van der Waals surface area contributed by atoms with E-state index in [9.17, 15) is 9.59 Å². The highest BCUT2D eigenvalue weighted by atomic mass is 35.5. The quantitative estimate of drug-likeness (QED) is 0.633. The summed E-state index contributed by atoms with van der Waals surface area (Å²) >= 11 is 0. The van der Waals surface area contributed by atoms with Gasteiger partial charge < -0.3 is 21.7 Å². The molecule has 0 saturated heterocycles. The number of urea groups is 1. The van der Waals surface area contributed by atoms with Gasteiger partial charge in [0.05, 0.1) is 0 Å². The van der Waals surface area contributed by atoms with E-state index in [4.69, 9.17) is 5.73 Å². The fourth-order valence-electron chi connectivity index (χ4n) is 1.61. The molecule has 112 valence electrons. The topological polar surface area (TPSA) is 96.2 Å². The van der Waals surface area contributed by atoms with Crippen LogP contribution in [-0.2, 0) is 11.3 Å². The number of primary amides is 1. The van der Waals surface area contributed by atoms with Gasteiger partial charge in [-0.3, -0.25) is 4.79 Å². The number of benzene rings is 1. The predicted molar refractivity (Wildman–Crippen MR) is 81.8 cm³/mol. The van der Waals surface area contributed by atoms with Crippen LogP contribution >= 0.6 is 12.4 Å². The first-order valence-corrected chi connectivity index (χ1v) is 6.10. The van der Waals surface area contributed by atoms with E-state index in [-0.39, 0.29) is 24.2 Å². The predicted octanol–water partition coefficient (Wildman–Crippen LogP) is 1.07. The van der Waals surface area contributed by atoms with Crippen LogP contribution in [0.4, 0.5) is 10.5 Å². The summed E-state index contributed by atoms with van der Waals surface area (Å²) in [6.45, 7) is 2.97. The molecule has 0 radical (unpaired) electrons. The summed E-state index contributed by atoms with van der Waals surface area (Å²) in [5, 5.41) is 8.29. The van der Waals surface area contributed by atoms with E-state index in [2.05, 4.69) is 16.0 Å². The lowest BCUT2D eigenvalue weighted by Gasteiger charge is -2.11. The molecule has 0 aliphatic carbocycles. The molecular formula is C13H21ClN4O2. The van der Waals surface area contributed by atoms with Gasteiger partial charge in [0.1, 0.15) is 0 Å². The molecule has 0 fully saturated rings. The Morgan fingerprint density at radius 3 is 2.35 bits per heavy atom. The molecule has 1 aromatic carbocycles. The Morgan fingerprint density at radius 1 is 1.25 bits per heavy atom. The van der Waals surface area contributed by atoms with Crippen LogP contribution < -0.4 is 21.7 Å². The van der Waals surface area contributed by atoms with Crippen LogP contribution in [0.15, 0.2) is 24.3 Å². The molecule has 7 heteroatoms. The number of nitrogens with two attached hydrogens (primary N) is 1. The maximum absolute atomic E-state index is 11.7. The van der Waals surface area contributed by atoms with Crippen molar-refractivity contribution in [3.8, 4) is 0 Å². The van der Waals surface area contributed by atoms with Crippen molar-refractivity contribution < 1.29 is 9.59 Å². The second-order valence-electron chi connectivity index (χ2n) is 4.36. The smallest absolute Gasteiger partial charge is 0.316 e. The lowest BCUT2D eigenvalue weighted by atomic mass is 10.1. The number of rotatable bonds is 6. The van der Waals surface area contributed by atoms with E-state index in [1.165, 1.54) is 0 Å². The molecule has 5 N–H and O–H groups in total. The Morgan fingerprint density at radius 2 is 1.85 bits per heavy atom. The summed E-state index contributed by atoms with van der Waals surface area (Å²) in [5.74, 6) is -0.0607. The van der Waals surface area contributed by atoms with Gasteiger partial charge >= 0.3 is 6.03 Å². The van der Waals surface area contributed by atoms with Crippen LogP contribution in [0.5, 0.6) is 0 Å². The average molecular weight is 301 g/mol. The van der Waals surface area contributed by atoms with E-state index in [0.717, 1.165) is 5.56 Å². The van der Waals surface area contributed by atoms with Gasteiger partial charge in [-0.1, -0.05) is 19.1 Å². The number of carbonyl (C=O) groups is 2. The zero-order valence-electron chi connectivity index (χ0n) is 11.6. The molecule has 0 aliphatic heterocycles. The van der Waals surface area contributed by atoms with Crippen LogP contribution in [0.2, 0.25) is 0 Å². The Hall–Kier alpha value is -1.79. The fraction of sp³-hybridized carbons (Fsp3) is 0.385. The summed E-state index contributed by atoms with van der Waals surface area (Å²) in [4.78, 5) is 22.3. The third kappa shape index (κ3) is 6.40. The maximum Gasteiger partial charge on any atom is 0.316 e. The molecule has 1 aromatic rings. The molecule has 0 spiro atoms. The third-order valence-electron chi connectivity index (χ3n) is 2.65. The molecule has 0 aromatic heterocycles. The summed E-state index contributed by atoms with van der Waals surface area (Å²) in [7, 11) is 1.81. The number of halogens is 1. The van der Waals surface area contributed by atoms with Gasteiger partial charge in [0.25, 0.3) is 0 Å². The number of hydrogen-bond acceptors (Lipinski definition) is 3. The van der Waals surface area contributed by atoms with Crippen molar-refractivity contribution in [2.45, 2.75) is 13.5 Å². The Bertz CT molecular complexity index is 437. The van der Waals surface area contributed by atoms with Crippen LogP contribution in [0.3, 0.4) is 0 Å². The van der Waals surface area contributed by atoms with E-state index in [1.807, 2.05) is 26.1 Å². The zero-order chi connectivity index (χ0) is 14.3. The first-order valence-electron chi connectivity index (χ1n) is 6.10. The van der Waals surface area contributed by atoms with Gasteiger partial charge in [-0.05, 0) is 24.7 Å². The Kier molecular flexibility index (Phi) is 8.35. The Balaban J connectivity index is 0.00000361. The minimum absolute atomic E-state index is 0. The summed E-state index contributed by atoms with van der Waals surface area (Å²) in [5.41, 5.74) is 6.60. The first-order chi connectivity index (χ1) is 9.02. The second kappa shape index (κ2) is 9.17. The highest BCUT2D eigenvalue weighted by molar-refractivity contribution is 5.87. The first kappa shape index (κ1) is 18.2. The molecule has 0 saturated carbocycles. The van der Waals surface area contributed by atoms with Crippen LogP contribution in [-0.4, -0.2) is 25.5 Å². The molecular weight excluding hydrogens is 280 g/mol. The number of amides is 3. The third-order valence-corrected chi connectivity index (χ3v) is 2.65. The van der Waals surface area contributed by atoms with Crippen LogP contribution in [0.25, 0.3) is 0 Å². The lowest BCUT2D eigenvalue weighted by molar-refractivity contribution is -0.124. The van der Waals surface area contributed by atoms with Crippen molar-refractivity contribution in [2.24, 2.45) is 11.7 Å². The molecule has 6 nitrogen and oxygen atoms in total. The number of anilines is 1. The molecule has 1 unspecified atom stereocenters. The van der Waals surface area contributed by atoms with Crippen LogP contribution in [0, 0.1) is 5.92 Å². The monoisotopic (exact) mass is 300 g/mol. The van der Waals surface area contributed by atoms with Crippen molar-refractivity contribution in [3.05, 3.63) is 29.8 Å². The summed E-state index contributed by atoms with van der Waals surface area (Å²) < 4.78 is 0. The highest BCUT2D eigenvalue weighted by Crippen LogP contribution is 2.09. The normalized spacial score (nSPS) is 11.1. The van der Waals surface area contributed by atoms with Crippen molar-refractivity contribution in [3.63, 3.8) is 0 Å². The molecule has 20 heavy (non-hydrogen) atoms. The summed E-state index contributed by atoms with van der Waals surface area (Å²) in [6.07, 6.45) is 0. The van der Waals surface area contributed by atoms with Crippen molar-refractivity contribution in [1.29, 1.82) is 0 Å². The van der Waals surface area contributed by atoms with E-state index < -0.39 is 6.03 Å². The minimum Gasteiger partial charge on any atom is -0.352 e. The van der Waals surface area contributed by atoms with Gasteiger partial charge in [0.2, 0.25) is 5.91 Å². The van der Waals surface area contributed by atoms with Gasteiger partial charge in [0.15, 0.2) is 0 Å². The SMILES string of the molecule is CNCC(C)C(=O)NCc1ccc(NC(N)=O)cc1.Cl. The lowest BCUT2D eigenvalue weighted by Crippen LogP contribution is -2.33. The number of hydrogen-bond donors (Lipinski definition) is 4. The van der Waals surface area contributed by atoms with Gasteiger partial charge in [0, 0.05) is 24.7 Å². The zero-order valence-corrected chi connectivity index (χ0v) is 12.4. The highest BCUT2D eigenvalue weighted by Gasteiger charge is 2.10. The Labute approximate surface area is 124 Å². The maximum atomic E-state index is 11.7. The van der Waals surface area contributed by atoms with Crippen LogP contribution in [0.1, 0.15) is 12.5 Å². The number of carbonyl (C=O) groups excluding carboxylic acids is 2. The molecule has 0 aliphatic rings. The van der Waals surface area contributed by atoms with E-state index in [0.29, 0.717) is 18.8 Å². The van der Waals surface area contributed by atoms with Crippen molar-refractivity contribution in [1.82, 2.24) is 10.6 Å². The molecule has 0 bridgehead atoms. The standard InChI is InChI=1S/C13H20N4O2.ClH/c1-9(7-15-2)12(18)16-8-10-3-5-11(6-4-10)17-13(14)19;/h3-6,9,15H,7-8H2,1-2H3,(H,16,18)(H3,14,17,19);1H. The van der Waals surface area contributed by atoms with E-state index in [1.54, 1.807) is 12.1 Å². The van der Waals surface area contributed by atoms with E-state index >= 15 is 0 Å². The number of nitrogens with one attached hydrogen (secondary N) is 3. The fourth-order valence-corrected chi connectivity index (χ4v) is 1.61. The molecule has 3 amide bonds. The minimum atomic E-state index is -0.595. The molecule has 0 heterocycles. The summed E-state index contributed by atoms with van der Waals surface area (Å²) in [6, 6.07) is 6.54. The van der Waals surface area contributed by atoms with Gasteiger partial charge in [-0.2, -0.15) is 0 Å². The average Bonchev–Trinajstić information content (AvgIpc) is 2.37. The van der Waals surface area contributed by atoms with Gasteiger partial charge in [-0.15, -0.1) is 12.4 Å². The largest absolute Gasteiger partial charge is 0.352 e. The van der Waals surface area contributed by atoms with Crippen molar-refractivity contribution >= 4 is 30.0 Å². The van der Waals surface area contributed by atoms with Gasteiger partial charge in [-0.25, -0.2) is 4.79 Å². The molecule has 1 rings (SSSR count). The van der Waals surface area contributed by atoms with Crippen molar-refractivity contribution in [2.75, 3.05) is 18.9 Å².